The normalized spacial score (nSPS) is 12.9. The smallest absolute Gasteiger partial charge is 1.00 e. The van der Waals surface area contributed by atoms with Gasteiger partial charge in [-0.25, -0.2) is 0 Å². The van der Waals surface area contributed by atoms with Gasteiger partial charge in [-0.3, -0.25) is 0 Å². The molecule has 0 aromatic heterocycles. The first-order valence-electron chi connectivity index (χ1n) is 16.5. The Balaban J connectivity index is -0.000000569. The Morgan fingerprint density at radius 3 is 0.471 bits per heavy atom. The van der Waals surface area contributed by atoms with E-state index in [-0.39, 0.29) is 1.43 Å². The summed E-state index contributed by atoms with van der Waals surface area (Å²) in [5.41, 5.74) is 0. The van der Waals surface area contributed by atoms with Crippen molar-refractivity contribution < 1.29 is 1.43 Å². The van der Waals surface area contributed by atoms with Gasteiger partial charge in [0.15, 0.2) is 0 Å². The van der Waals surface area contributed by atoms with E-state index in [0.29, 0.717) is 0 Å². The van der Waals surface area contributed by atoms with Gasteiger partial charge in [-0.1, -0.05) is 0 Å². The van der Waals surface area contributed by atoms with E-state index < -0.39 is 14.5 Å². The zero-order valence-corrected chi connectivity index (χ0v) is 28.0. The van der Waals surface area contributed by atoms with Crippen molar-refractivity contribution in [3.63, 3.8) is 0 Å². The standard InChI is InChI=1S/2C16H37P/c2*1-5-9-13-17(14-10-6-2,15-11-7-3)16-12-8-4/h2*17H,5-16H2,1-4H3/p+1. The molecule has 0 saturated carbocycles. The summed E-state index contributed by atoms with van der Waals surface area (Å²) in [5, 5.41) is 0. The van der Waals surface area contributed by atoms with Crippen LogP contribution in [0.3, 0.4) is 0 Å². The summed E-state index contributed by atoms with van der Waals surface area (Å²) >= 11 is 0. The first kappa shape index (κ1) is 37.0. The van der Waals surface area contributed by atoms with Crippen LogP contribution in [0.25, 0.3) is 0 Å². The molecule has 0 aliphatic rings. The van der Waals surface area contributed by atoms with Crippen molar-refractivity contribution >= 4 is 14.5 Å². The topological polar surface area (TPSA) is 0 Å². The minimum absolute atomic E-state index is 0. The average molecular weight is 522 g/mol. The summed E-state index contributed by atoms with van der Waals surface area (Å²) in [6, 6.07) is 0. The second kappa shape index (κ2) is 26.9. The Hall–Kier alpha value is 0.860. The van der Waals surface area contributed by atoms with Gasteiger partial charge >= 0.3 is 223 Å². The third kappa shape index (κ3) is 20.0. The van der Waals surface area contributed by atoms with E-state index in [2.05, 4.69) is 55.4 Å². The van der Waals surface area contributed by atoms with Gasteiger partial charge in [-0.2, -0.15) is 0 Å². The first-order chi connectivity index (χ1) is 16.5. The van der Waals surface area contributed by atoms with Crippen molar-refractivity contribution in [1.29, 1.82) is 0 Å². The van der Waals surface area contributed by atoms with Crippen LogP contribution in [-0.4, -0.2) is 49.3 Å². The van der Waals surface area contributed by atoms with E-state index in [1.54, 1.807) is 49.3 Å². The molecule has 0 saturated heterocycles. The van der Waals surface area contributed by atoms with Crippen LogP contribution in [0.1, 0.15) is 160 Å². The molecule has 0 rings (SSSR count). The molecule has 0 atom stereocenters. The van der Waals surface area contributed by atoms with Gasteiger partial charge in [-0.15, -0.1) is 0 Å². The molecule has 0 unspecified atom stereocenters. The van der Waals surface area contributed by atoms with Gasteiger partial charge < -0.3 is 0 Å². The fraction of sp³-hybridized carbons (Fsp3) is 1.00. The molecular formula is C32H75P2+. The summed E-state index contributed by atoms with van der Waals surface area (Å²) < 4.78 is 0. The van der Waals surface area contributed by atoms with Gasteiger partial charge in [-0.05, 0) is 0 Å². The largest absolute Gasteiger partial charge is 1.00 e. The van der Waals surface area contributed by atoms with Crippen molar-refractivity contribution in [1.82, 2.24) is 0 Å². The van der Waals surface area contributed by atoms with Crippen molar-refractivity contribution in [2.45, 2.75) is 158 Å². The van der Waals surface area contributed by atoms with Crippen molar-refractivity contribution in [2.75, 3.05) is 49.3 Å². The van der Waals surface area contributed by atoms with E-state index in [1.165, 1.54) is 103 Å². The number of unbranched alkanes of at least 4 members (excludes halogenated alkanes) is 8. The van der Waals surface area contributed by atoms with Gasteiger partial charge in [0.2, 0.25) is 0 Å². The van der Waals surface area contributed by atoms with Crippen LogP contribution in [0.2, 0.25) is 0 Å². The van der Waals surface area contributed by atoms with Crippen molar-refractivity contribution in [3.8, 4) is 0 Å². The summed E-state index contributed by atoms with van der Waals surface area (Å²) in [7, 11) is -1.76. The predicted molar refractivity (Wildman–Crippen MR) is 176 cm³/mol. The zero-order valence-electron chi connectivity index (χ0n) is 27.0. The first-order valence-corrected chi connectivity index (χ1v) is 22.1. The molecule has 0 aliphatic carbocycles. The van der Waals surface area contributed by atoms with Gasteiger partial charge in [0, 0.05) is 0 Å². The maximum absolute atomic E-state index is 2.36. The molecule has 0 spiro atoms. The van der Waals surface area contributed by atoms with E-state index in [1.807, 2.05) is 0 Å². The van der Waals surface area contributed by atoms with Crippen LogP contribution in [0.15, 0.2) is 0 Å². The molecule has 0 heterocycles. The number of hydrogen-bond acceptors (Lipinski definition) is 0. The molecule has 0 radical (unpaired) electrons. The fourth-order valence-electron chi connectivity index (χ4n) is 5.91. The molecule has 0 aliphatic heterocycles. The Labute approximate surface area is 223 Å². The van der Waals surface area contributed by atoms with Gasteiger partial charge in [0.05, 0.1) is 0 Å². The van der Waals surface area contributed by atoms with Crippen LogP contribution in [0.4, 0.5) is 0 Å². The van der Waals surface area contributed by atoms with Gasteiger partial charge in [0.25, 0.3) is 0 Å². The molecule has 0 aromatic carbocycles. The second-order valence-corrected chi connectivity index (χ2v) is 21.8. The summed E-state index contributed by atoms with van der Waals surface area (Å²) in [5.74, 6) is 0. The molecule has 0 amide bonds. The Kier molecular flexibility index (Phi) is 29.3. The molecule has 0 N–H and O–H groups in total. The molecular weight excluding hydrogens is 446 g/mol. The SMILES string of the molecule is CCCC[PH](CCCC)(CCCC)CCCC.CCCC[PH](CCCC)(CCCC)CCCC.[H+]. The van der Waals surface area contributed by atoms with Crippen molar-refractivity contribution in [3.05, 3.63) is 0 Å². The summed E-state index contributed by atoms with van der Waals surface area (Å²) in [6.45, 7) is 18.9. The molecule has 34 heavy (non-hydrogen) atoms. The third-order valence-electron chi connectivity index (χ3n) is 8.49. The van der Waals surface area contributed by atoms with E-state index in [4.69, 9.17) is 0 Å². The molecule has 2 heteroatoms. The second-order valence-electron chi connectivity index (χ2n) is 11.8. The van der Waals surface area contributed by atoms with E-state index in [9.17, 15) is 0 Å². The predicted octanol–water partition coefficient (Wildman–Crippen LogP) is 12.0. The van der Waals surface area contributed by atoms with Crippen LogP contribution in [0, 0.1) is 0 Å². The monoisotopic (exact) mass is 522 g/mol. The Bertz CT molecular complexity index is 275. The maximum atomic E-state index is 2.36. The van der Waals surface area contributed by atoms with E-state index in [0.717, 1.165) is 0 Å². The molecule has 212 valence electrons. The third-order valence-corrected chi connectivity index (χ3v) is 19.8. The van der Waals surface area contributed by atoms with E-state index >= 15 is 0 Å². The zero-order chi connectivity index (χ0) is 26.0. The van der Waals surface area contributed by atoms with Crippen LogP contribution in [0.5, 0.6) is 0 Å². The maximum Gasteiger partial charge on any atom is 1.00 e. The number of rotatable bonds is 24. The minimum Gasteiger partial charge on any atom is 1.00 e. The van der Waals surface area contributed by atoms with Crippen molar-refractivity contribution in [2.24, 2.45) is 0 Å². The summed E-state index contributed by atoms with van der Waals surface area (Å²) in [4.78, 5) is 0. The molecule has 0 aromatic rings. The number of hydrogen-bond donors (Lipinski definition) is 0. The Morgan fingerprint density at radius 2 is 0.382 bits per heavy atom. The van der Waals surface area contributed by atoms with Crippen LogP contribution < -0.4 is 0 Å². The Morgan fingerprint density at radius 1 is 0.265 bits per heavy atom. The molecule has 0 nitrogen and oxygen atoms in total. The quantitative estimate of drug-likeness (QED) is 0.111. The summed E-state index contributed by atoms with van der Waals surface area (Å²) in [6.07, 6.45) is 36.3. The fourth-order valence-corrected chi connectivity index (χ4v) is 17.7. The molecule has 0 fully saturated rings. The van der Waals surface area contributed by atoms with Gasteiger partial charge in [0.1, 0.15) is 0 Å². The van der Waals surface area contributed by atoms with Crippen LogP contribution in [-0.2, 0) is 0 Å². The minimum atomic E-state index is -0.879. The van der Waals surface area contributed by atoms with Crippen LogP contribution >= 0.6 is 14.5 Å². The average Bonchev–Trinajstić information content (AvgIpc) is 2.87. The molecule has 0 bridgehead atoms.